The first-order chi connectivity index (χ1) is 9.71. The highest BCUT2D eigenvalue weighted by molar-refractivity contribution is 5.87. The first-order valence-corrected chi connectivity index (χ1v) is 6.98. The highest BCUT2D eigenvalue weighted by Crippen LogP contribution is 2.17. The lowest BCUT2D eigenvalue weighted by Crippen LogP contribution is -2.52. The number of hydrogen-bond donors (Lipinski definition) is 2. The van der Waals surface area contributed by atoms with Gasteiger partial charge in [0.15, 0.2) is 0 Å². The van der Waals surface area contributed by atoms with E-state index in [0.29, 0.717) is 0 Å². The standard InChI is InChI=1S/C16H24N2O3.ClH/c1-11(18-14(19)13(17)16(2,3)4)15(20)21-10-12-8-6-5-7-9-12;/h5-9,11,13H,10,17H2,1-4H3,(H,18,19);1H. The van der Waals surface area contributed by atoms with Gasteiger partial charge in [0.05, 0.1) is 6.04 Å². The van der Waals surface area contributed by atoms with Gasteiger partial charge in [0, 0.05) is 0 Å². The van der Waals surface area contributed by atoms with E-state index in [0.717, 1.165) is 5.56 Å². The lowest BCUT2D eigenvalue weighted by atomic mass is 9.87. The van der Waals surface area contributed by atoms with Gasteiger partial charge in [-0.25, -0.2) is 4.79 Å². The van der Waals surface area contributed by atoms with Crippen LogP contribution in [-0.4, -0.2) is 24.0 Å². The van der Waals surface area contributed by atoms with Crippen LogP contribution in [0.5, 0.6) is 0 Å². The van der Waals surface area contributed by atoms with Crippen LogP contribution in [0, 0.1) is 5.41 Å². The Labute approximate surface area is 138 Å². The van der Waals surface area contributed by atoms with Crippen molar-refractivity contribution in [3.63, 3.8) is 0 Å². The first kappa shape index (κ1) is 20.4. The molecule has 5 nitrogen and oxygen atoms in total. The van der Waals surface area contributed by atoms with Gasteiger partial charge in [0.25, 0.3) is 0 Å². The average molecular weight is 329 g/mol. The Hall–Kier alpha value is -1.59. The summed E-state index contributed by atoms with van der Waals surface area (Å²) in [5.41, 5.74) is 6.38. The van der Waals surface area contributed by atoms with E-state index >= 15 is 0 Å². The number of nitrogens with one attached hydrogen (secondary N) is 1. The van der Waals surface area contributed by atoms with Crippen LogP contribution in [0.2, 0.25) is 0 Å². The number of benzene rings is 1. The molecule has 0 bridgehead atoms. The number of esters is 1. The van der Waals surface area contributed by atoms with Crippen LogP contribution < -0.4 is 11.1 Å². The Kier molecular flexibility index (Phi) is 8.12. The van der Waals surface area contributed by atoms with Crippen LogP contribution in [0.15, 0.2) is 30.3 Å². The summed E-state index contributed by atoms with van der Waals surface area (Å²) in [6.45, 7) is 7.38. The van der Waals surface area contributed by atoms with E-state index < -0.39 is 18.1 Å². The number of ether oxygens (including phenoxy) is 1. The molecule has 1 rings (SSSR count). The van der Waals surface area contributed by atoms with Crippen molar-refractivity contribution in [2.45, 2.75) is 46.4 Å². The molecular weight excluding hydrogens is 304 g/mol. The van der Waals surface area contributed by atoms with Crippen LogP contribution in [0.1, 0.15) is 33.3 Å². The molecule has 2 unspecified atom stereocenters. The molecule has 0 aliphatic carbocycles. The molecule has 1 aromatic carbocycles. The predicted octanol–water partition coefficient (Wildman–Crippen LogP) is 2.03. The fourth-order valence-corrected chi connectivity index (χ4v) is 1.61. The van der Waals surface area contributed by atoms with E-state index in [4.69, 9.17) is 10.5 Å². The first-order valence-electron chi connectivity index (χ1n) is 6.98. The zero-order chi connectivity index (χ0) is 16.0. The van der Waals surface area contributed by atoms with Crippen molar-refractivity contribution < 1.29 is 14.3 Å². The summed E-state index contributed by atoms with van der Waals surface area (Å²) in [5.74, 6) is -0.833. The normalized spacial score (nSPS) is 13.5. The molecule has 0 heterocycles. The van der Waals surface area contributed by atoms with Crippen molar-refractivity contribution >= 4 is 24.3 Å². The van der Waals surface area contributed by atoms with E-state index in [9.17, 15) is 9.59 Å². The number of hydrogen-bond acceptors (Lipinski definition) is 4. The monoisotopic (exact) mass is 328 g/mol. The van der Waals surface area contributed by atoms with E-state index in [-0.39, 0.29) is 30.3 Å². The summed E-state index contributed by atoms with van der Waals surface area (Å²) in [6.07, 6.45) is 0. The Balaban J connectivity index is 0.00000441. The van der Waals surface area contributed by atoms with Crippen LogP contribution in [-0.2, 0) is 20.9 Å². The maximum Gasteiger partial charge on any atom is 0.328 e. The second-order valence-electron chi connectivity index (χ2n) is 6.17. The van der Waals surface area contributed by atoms with Gasteiger partial charge in [-0.05, 0) is 17.9 Å². The van der Waals surface area contributed by atoms with Gasteiger partial charge in [-0.3, -0.25) is 4.79 Å². The molecule has 0 radical (unpaired) electrons. The molecule has 1 amide bonds. The van der Waals surface area contributed by atoms with Gasteiger partial charge < -0.3 is 15.8 Å². The summed E-state index contributed by atoms with van der Waals surface area (Å²) in [5, 5.41) is 2.58. The van der Waals surface area contributed by atoms with Gasteiger partial charge in [-0.1, -0.05) is 51.1 Å². The zero-order valence-corrected chi connectivity index (χ0v) is 14.3. The molecule has 0 spiro atoms. The molecule has 1 aromatic rings. The minimum atomic E-state index is -0.727. The van der Waals surface area contributed by atoms with Gasteiger partial charge in [0.1, 0.15) is 12.6 Å². The van der Waals surface area contributed by atoms with Gasteiger partial charge in [-0.15, -0.1) is 12.4 Å². The van der Waals surface area contributed by atoms with Gasteiger partial charge in [0.2, 0.25) is 5.91 Å². The highest BCUT2D eigenvalue weighted by atomic mass is 35.5. The summed E-state index contributed by atoms with van der Waals surface area (Å²) in [6, 6.07) is 7.96. The molecule has 0 saturated heterocycles. The third-order valence-corrected chi connectivity index (χ3v) is 3.15. The van der Waals surface area contributed by atoms with E-state index in [2.05, 4.69) is 5.32 Å². The molecule has 22 heavy (non-hydrogen) atoms. The zero-order valence-electron chi connectivity index (χ0n) is 13.5. The van der Waals surface area contributed by atoms with Crippen LogP contribution in [0.25, 0.3) is 0 Å². The van der Waals surface area contributed by atoms with Crippen molar-refractivity contribution in [2.24, 2.45) is 11.1 Å². The molecular formula is C16H25ClN2O3. The Morgan fingerprint density at radius 3 is 2.27 bits per heavy atom. The quantitative estimate of drug-likeness (QED) is 0.810. The minimum Gasteiger partial charge on any atom is -0.459 e. The fraction of sp³-hybridized carbons (Fsp3) is 0.500. The summed E-state index contributed by atoms with van der Waals surface area (Å²) in [4.78, 5) is 23.8. The number of carbonyl (C=O) groups excluding carboxylic acids is 2. The second-order valence-corrected chi connectivity index (χ2v) is 6.17. The number of nitrogens with two attached hydrogens (primary N) is 1. The highest BCUT2D eigenvalue weighted by Gasteiger charge is 2.29. The smallest absolute Gasteiger partial charge is 0.328 e. The average Bonchev–Trinajstić information content (AvgIpc) is 2.43. The molecule has 124 valence electrons. The number of halogens is 1. The minimum absolute atomic E-state index is 0. The molecule has 0 aliphatic rings. The third kappa shape index (κ3) is 6.45. The maximum absolute atomic E-state index is 11.9. The van der Waals surface area contributed by atoms with Crippen molar-refractivity contribution in [3.8, 4) is 0 Å². The molecule has 0 aliphatic heterocycles. The summed E-state index contributed by atoms with van der Waals surface area (Å²) >= 11 is 0. The van der Waals surface area contributed by atoms with Gasteiger partial charge in [-0.2, -0.15) is 0 Å². The second kappa shape index (κ2) is 8.76. The van der Waals surface area contributed by atoms with Crippen molar-refractivity contribution in [2.75, 3.05) is 0 Å². The van der Waals surface area contributed by atoms with Crippen LogP contribution in [0.3, 0.4) is 0 Å². The third-order valence-electron chi connectivity index (χ3n) is 3.15. The van der Waals surface area contributed by atoms with Crippen LogP contribution >= 0.6 is 12.4 Å². The van der Waals surface area contributed by atoms with Crippen molar-refractivity contribution in [1.29, 1.82) is 0 Å². The Morgan fingerprint density at radius 2 is 1.77 bits per heavy atom. The summed E-state index contributed by atoms with van der Waals surface area (Å²) in [7, 11) is 0. The number of carbonyl (C=O) groups is 2. The summed E-state index contributed by atoms with van der Waals surface area (Å²) < 4.78 is 5.16. The fourth-order valence-electron chi connectivity index (χ4n) is 1.61. The lowest BCUT2D eigenvalue weighted by molar-refractivity contribution is -0.149. The van der Waals surface area contributed by atoms with E-state index in [1.807, 2.05) is 51.1 Å². The van der Waals surface area contributed by atoms with E-state index in [1.54, 1.807) is 6.92 Å². The topological polar surface area (TPSA) is 81.4 Å². The predicted molar refractivity (Wildman–Crippen MR) is 88.5 cm³/mol. The Morgan fingerprint density at radius 1 is 1.23 bits per heavy atom. The molecule has 2 atom stereocenters. The number of rotatable bonds is 5. The molecule has 0 saturated carbocycles. The molecule has 6 heteroatoms. The molecule has 0 aromatic heterocycles. The SMILES string of the molecule is CC(NC(=O)C(N)C(C)(C)C)C(=O)OCc1ccccc1.Cl. The maximum atomic E-state index is 11.9. The van der Waals surface area contributed by atoms with Crippen molar-refractivity contribution in [3.05, 3.63) is 35.9 Å². The van der Waals surface area contributed by atoms with Crippen LogP contribution in [0.4, 0.5) is 0 Å². The lowest BCUT2D eigenvalue weighted by Gasteiger charge is -2.26. The largest absolute Gasteiger partial charge is 0.459 e. The van der Waals surface area contributed by atoms with Crippen molar-refractivity contribution in [1.82, 2.24) is 5.32 Å². The molecule has 3 N–H and O–H groups in total. The molecule has 0 fully saturated rings. The Bertz CT molecular complexity index is 486. The van der Waals surface area contributed by atoms with Gasteiger partial charge >= 0.3 is 5.97 Å². The van der Waals surface area contributed by atoms with E-state index in [1.165, 1.54) is 0 Å². The number of amides is 1.